The molecule has 5 rings (SSSR count). The summed E-state index contributed by atoms with van der Waals surface area (Å²) in [6.45, 7) is 0. The van der Waals surface area contributed by atoms with Crippen LogP contribution in [0, 0.1) is 0 Å². The standard InChI is InChI=1S/C18H14N2O2S/c1-2-6-15-12(5-1)14-11-13(17-8-4-10-23-17)19-20(14)18(22-15)16-7-3-9-21-16/h1-10,14,18H,11H2/t14-,18-/m0/s1. The lowest BCUT2D eigenvalue weighted by Crippen LogP contribution is -2.33. The zero-order chi connectivity index (χ0) is 15.2. The smallest absolute Gasteiger partial charge is 0.246 e. The van der Waals surface area contributed by atoms with E-state index in [9.17, 15) is 0 Å². The molecular formula is C18H14N2O2S. The third-order valence-corrected chi connectivity index (χ3v) is 5.21. The molecule has 0 bridgehead atoms. The van der Waals surface area contributed by atoms with E-state index in [1.54, 1.807) is 17.6 Å². The molecule has 0 radical (unpaired) electrons. The summed E-state index contributed by atoms with van der Waals surface area (Å²) >= 11 is 1.72. The fourth-order valence-electron chi connectivity index (χ4n) is 3.25. The van der Waals surface area contributed by atoms with Crippen molar-refractivity contribution in [1.29, 1.82) is 0 Å². The zero-order valence-corrected chi connectivity index (χ0v) is 13.1. The number of fused-ring (bicyclic) bond motifs is 3. The van der Waals surface area contributed by atoms with Crippen LogP contribution in [0.5, 0.6) is 5.75 Å². The van der Waals surface area contributed by atoms with Crippen molar-refractivity contribution in [3.8, 4) is 5.75 Å². The lowest BCUT2D eigenvalue weighted by atomic mass is 9.98. The molecule has 0 fully saturated rings. The molecule has 2 aliphatic rings. The Morgan fingerprint density at radius 2 is 2.04 bits per heavy atom. The van der Waals surface area contributed by atoms with Crippen LogP contribution in [0.25, 0.3) is 0 Å². The first-order valence-electron chi connectivity index (χ1n) is 7.59. The van der Waals surface area contributed by atoms with Crippen molar-refractivity contribution < 1.29 is 9.15 Å². The average molecular weight is 322 g/mol. The van der Waals surface area contributed by atoms with Crippen molar-refractivity contribution in [2.75, 3.05) is 0 Å². The monoisotopic (exact) mass is 322 g/mol. The molecule has 0 spiro atoms. The predicted molar refractivity (Wildman–Crippen MR) is 88.6 cm³/mol. The third-order valence-electron chi connectivity index (χ3n) is 4.29. The summed E-state index contributed by atoms with van der Waals surface area (Å²) in [4.78, 5) is 1.22. The summed E-state index contributed by atoms with van der Waals surface area (Å²) in [6.07, 6.45) is 2.24. The van der Waals surface area contributed by atoms with E-state index in [0.717, 1.165) is 23.6 Å². The second-order valence-electron chi connectivity index (χ2n) is 5.65. The van der Waals surface area contributed by atoms with E-state index in [1.165, 1.54) is 10.4 Å². The first kappa shape index (κ1) is 13.0. The lowest BCUT2D eigenvalue weighted by molar-refractivity contribution is -0.0325. The number of thiophene rings is 1. The Bertz CT molecular complexity index is 855. The van der Waals surface area contributed by atoms with Crippen LogP contribution in [0.2, 0.25) is 0 Å². The van der Waals surface area contributed by atoms with E-state index in [2.05, 4.69) is 29.6 Å². The van der Waals surface area contributed by atoms with Gasteiger partial charge < -0.3 is 9.15 Å². The molecule has 2 aliphatic heterocycles. The minimum Gasteiger partial charge on any atom is -0.463 e. The van der Waals surface area contributed by atoms with Crippen LogP contribution >= 0.6 is 11.3 Å². The number of benzene rings is 1. The quantitative estimate of drug-likeness (QED) is 0.693. The Kier molecular flexibility index (Phi) is 2.81. The van der Waals surface area contributed by atoms with Gasteiger partial charge in [-0.25, -0.2) is 5.01 Å². The molecule has 3 aromatic rings. The van der Waals surface area contributed by atoms with Gasteiger partial charge in [0.05, 0.1) is 22.9 Å². The van der Waals surface area contributed by atoms with Crippen LogP contribution in [0.1, 0.15) is 34.9 Å². The van der Waals surface area contributed by atoms with Gasteiger partial charge >= 0.3 is 0 Å². The minimum atomic E-state index is -0.317. The number of hydrogen-bond acceptors (Lipinski definition) is 5. The lowest BCUT2D eigenvalue weighted by Gasteiger charge is -2.36. The Morgan fingerprint density at radius 3 is 2.87 bits per heavy atom. The molecule has 4 heterocycles. The first-order chi connectivity index (χ1) is 11.4. The molecule has 0 N–H and O–H groups in total. The van der Waals surface area contributed by atoms with Gasteiger partial charge in [0.2, 0.25) is 6.23 Å². The van der Waals surface area contributed by atoms with Gasteiger partial charge in [0.1, 0.15) is 5.75 Å². The number of rotatable bonds is 2. The van der Waals surface area contributed by atoms with Crippen LogP contribution in [0.15, 0.2) is 69.7 Å². The van der Waals surface area contributed by atoms with Crippen molar-refractivity contribution in [2.45, 2.75) is 18.7 Å². The molecule has 2 atom stereocenters. The molecule has 23 heavy (non-hydrogen) atoms. The van der Waals surface area contributed by atoms with Crippen molar-refractivity contribution in [3.05, 3.63) is 76.4 Å². The molecule has 0 aliphatic carbocycles. The number of ether oxygens (including phenoxy) is 1. The maximum absolute atomic E-state index is 6.18. The van der Waals surface area contributed by atoms with Crippen LogP contribution in [0.3, 0.4) is 0 Å². The highest BCUT2D eigenvalue weighted by Crippen LogP contribution is 2.47. The summed E-state index contributed by atoms with van der Waals surface area (Å²) in [5.74, 6) is 1.69. The van der Waals surface area contributed by atoms with E-state index in [4.69, 9.17) is 14.3 Å². The second-order valence-corrected chi connectivity index (χ2v) is 6.60. The highest BCUT2D eigenvalue weighted by molar-refractivity contribution is 7.12. The van der Waals surface area contributed by atoms with Gasteiger partial charge in [-0.3, -0.25) is 0 Å². The minimum absolute atomic E-state index is 0.187. The van der Waals surface area contributed by atoms with E-state index < -0.39 is 0 Å². The summed E-state index contributed by atoms with van der Waals surface area (Å²) in [6, 6.07) is 16.4. The molecule has 0 saturated carbocycles. The van der Waals surface area contributed by atoms with Gasteiger partial charge in [0.15, 0.2) is 5.76 Å². The van der Waals surface area contributed by atoms with Crippen molar-refractivity contribution in [3.63, 3.8) is 0 Å². The summed E-state index contributed by atoms with van der Waals surface area (Å²) in [5, 5.41) is 8.99. The second kappa shape index (κ2) is 4.99. The van der Waals surface area contributed by atoms with Crippen LogP contribution in [-0.2, 0) is 0 Å². The maximum Gasteiger partial charge on any atom is 0.246 e. The van der Waals surface area contributed by atoms with Gasteiger partial charge in [-0.1, -0.05) is 24.3 Å². The van der Waals surface area contributed by atoms with Crippen LogP contribution < -0.4 is 4.74 Å². The first-order valence-corrected chi connectivity index (χ1v) is 8.47. The topological polar surface area (TPSA) is 38.0 Å². The molecule has 2 aromatic heterocycles. The predicted octanol–water partition coefficient (Wildman–Crippen LogP) is 4.58. The van der Waals surface area contributed by atoms with Gasteiger partial charge in [0.25, 0.3) is 0 Å². The Labute approximate surface area is 137 Å². The molecular weight excluding hydrogens is 308 g/mol. The highest BCUT2D eigenvalue weighted by Gasteiger charge is 2.42. The van der Waals surface area contributed by atoms with Crippen molar-refractivity contribution in [2.24, 2.45) is 5.10 Å². The summed E-state index contributed by atoms with van der Waals surface area (Å²) in [7, 11) is 0. The number of para-hydroxylation sites is 1. The Balaban J connectivity index is 1.62. The number of hydrazone groups is 1. The molecule has 1 aromatic carbocycles. The Hall–Kier alpha value is -2.53. The largest absolute Gasteiger partial charge is 0.463 e. The van der Waals surface area contributed by atoms with E-state index >= 15 is 0 Å². The summed E-state index contributed by atoms with van der Waals surface area (Å²) < 4.78 is 11.8. The van der Waals surface area contributed by atoms with Crippen molar-refractivity contribution >= 4 is 17.0 Å². The molecule has 0 amide bonds. The Morgan fingerprint density at radius 1 is 1.09 bits per heavy atom. The van der Waals surface area contributed by atoms with Crippen LogP contribution in [0.4, 0.5) is 0 Å². The average Bonchev–Trinajstić information content (AvgIpc) is 3.34. The number of furan rings is 1. The molecule has 114 valence electrons. The SMILES string of the molecule is c1coc([C@@H]2Oc3ccccc3[C@@H]3CC(c4cccs4)=NN32)c1. The van der Waals surface area contributed by atoms with E-state index in [1.807, 2.05) is 29.3 Å². The van der Waals surface area contributed by atoms with Crippen molar-refractivity contribution in [1.82, 2.24) is 5.01 Å². The fraction of sp³-hybridized carbons (Fsp3) is 0.167. The van der Waals surface area contributed by atoms with Gasteiger partial charge in [0, 0.05) is 12.0 Å². The highest BCUT2D eigenvalue weighted by atomic mass is 32.1. The van der Waals surface area contributed by atoms with E-state index in [-0.39, 0.29) is 12.3 Å². The molecule has 0 unspecified atom stereocenters. The molecule has 0 saturated heterocycles. The van der Waals surface area contributed by atoms with Crippen LogP contribution in [-0.4, -0.2) is 10.7 Å². The van der Waals surface area contributed by atoms with Gasteiger partial charge in [-0.15, -0.1) is 11.3 Å². The third kappa shape index (κ3) is 2.00. The van der Waals surface area contributed by atoms with Gasteiger partial charge in [-0.2, -0.15) is 5.10 Å². The van der Waals surface area contributed by atoms with Gasteiger partial charge in [-0.05, 0) is 29.6 Å². The summed E-state index contributed by atoms with van der Waals surface area (Å²) in [5.41, 5.74) is 2.30. The maximum atomic E-state index is 6.18. The number of nitrogens with zero attached hydrogens (tertiary/aromatic N) is 2. The fourth-order valence-corrected chi connectivity index (χ4v) is 3.97. The number of hydrogen-bond donors (Lipinski definition) is 0. The van der Waals surface area contributed by atoms with E-state index in [0.29, 0.717) is 0 Å². The normalized spacial score (nSPS) is 22.3. The molecule has 4 nitrogen and oxygen atoms in total. The molecule has 5 heteroatoms. The zero-order valence-electron chi connectivity index (χ0n) is 12.3.